The molecule has 1 atom stereocenters. The molecule has 9 heteroatoms. The van der Waals surface area contributed by atoms with Gasteiger partial charge in [-0.05, 0) is 37.6 Å². The van der Waals surface area contributed by atoms with Crippen LogP contribution in [0.1, 0.15) is 12.8 Å². The topological polar surface area (TPSA) is 60.6 Å². The number of aromatic nitrogens is 1. The van der Waals surface area contributed by atoms with Crippen LogP contribution in [0.15, 0.2) is 48.8 Å². The normalized spacial score (nSPS) is 16.6. The molecule has 2 N–H and O–H groups in total. The fraction of sp³-hybridized carbons (Fsp3) is 0.278. The molecule has 0 amide bonds. The van der Waals surface area contributed by atoms with Crippen LogP contribution in [0, 0.1) is 0 Å². The van der Waals surface area contributed by atoms with Gasteiger partial charge < -0.3 is 20.1 Å². The summed E-state index contributed by atoms with van der Waals surface area (Å²) in [4.78, 5) is 6.23. The lowest BCUT2D eigenvalue weighted by atomic mass is 10.1. The number of nitrogens with two attached hydrogens (primary N) is 1. The van der Waals surface area contributed by atoms with Gasteiger partial charge in [0, 0.05) is 18.3 Å². The van der Waals surface area contributed by atoms with Crippen LogP contribution in [0.2, 0.25) is 5.02 Å². The van der Waals surface area contributed by atoms with Gasteiger partial charge in [0.25, 0.3) is 0 Å². The van der Waals surface area contributed by atoms with E-state index in [9.17, 15) is 13.2 Å². The van der Waals surface area contributed by atoms with Crippen molar-refractivity contribution in [2.45, 2.75) is 25.2 Å². The van der Waals surface area contributed by atoms with Crippen molar-refractivity contribution in [3.8, 4) is 17.4 Å². The Hall–Kier alpha value is -2.45. The third-order valence-corrected chi connectivity index (χ3v) is 4.18. The summed E-state index contributed by atoms with van der Waals surface area (Å²) in [6.07, 6.45) is 2.53. The molecule has 0 saturated carbocycles. The van der Waals surface area contributed by atoms with E-state index in [-0.39, 0.29) is 28.4 Å². The fourth-order valence-corrected chi connectivity index (χ4v) is 2.99. The number of benzene rings is 1. The second-order valence-corrected chi connectivity index (χ2v) is 6.27. The third kappa shape index (κ3) is 5.05. The molecule has 1 aromatic heterocycles. The van der Waals surface area contributed by atoms with Gasteiger partial charge in [-0.2, -0.15) is 0 Å². The van der Waals surface area contributed by atoms with Crippen molar-refractivity contribution in [1.82, 2.24) is 4.98 Å². The maximum Gasteiger partial charge on any atom is 0.573 e. The first-order chi connectivity index (χ1) is 12.9. The Balaban J connectivity index is 1.75. The van der Waals surface area contributed by atoms with Crippen LogP contribution >= 0.6 is 11.6 Å². The molecular formula is C18H17ClF3N3O2. The minimum absolute atomic E-state index is 0.0862. The Bertz CT molecular complexity index is 830. The Labute approximate surface area is 159 Å². The largest absolute Gasteiger partial charge is 0.573 e. The van der Waals surface area contributed by atoms with E-state index in [2.05, 4.69) is 9.72 Å². The summed E-state index contributed by atoms with van der Waals surface area (Å²) in [5.74, 6) is -0.177. The molecule has 3 rings (SSSR count). The summed E-state index contributed by atoms with van der Waals surface area (Å²) in [5, 5.41) is 0.237. The van der Waals surface area contributed by atoms with Crippen molar-refractivity contribution in [1.29, 1.82) is 0 Å². The van der Waals surface area contributed by atoms with E-state index >= 15 is 0 Å². The lowest BCUT2D eigenvalue weighted by Gasteiger charge is -2.25. The molecule has 2 heterocycles. The number of hydrogen-bond acceptors (Lipinski definition) is 5. The number of pyridine rings is 1. The molecule has 1 aliphatic rings. The van der Waals surface area contributed by atoms with Gasteiger partial charge in [-0.15, -0.1) is 13.2 Å². The molecule has 27 heavy (non-hydrogen) atoms. The van der Waals surface area contributed by atoms with E-state index in [0.717, 1.165) is 24.6 Å². The van der Waals surface area contributed by atoms with Crippen LogP contribution < -0.4 is 20.1 Å². The molecule has 5 nitrogen and oxygen atoms in total. The first-order valence-electron chi connectivity index (χ1n) is 8.20. The number of nitrogens with zero attached hydrogens (tertiary/aromatic N) is 2. The van der Waals surface area contributed by atoms with E-state index < -0.39 is 6.36 Å². The van der Waals surface area contributed by atoms with Crippen LogP contribution in [0.3, 0.4) is 0 Å². The van der Waals surface area contributed by atoms with Crippen molar-refractivity contribution in [3.05, 3.63) is 53.8 Å². The second-order valence-electron chi connectivity index (χ2n) is 5.86. The minimum atomic E-state index is -4.78. The molecule has 2 aromatic rings. The van der Waals surface area contributed by atoms with E-state index in [0.29, 0.717) is 6.54 Å². The van der Waals surface area contributed by atoms with Gasteiger partial charge in [0.05, 0.1) is 11.9 Å². The maximum absolute atomic E-state index is 12.3. The van der Waals surface area contributed by atoms with E-state index in [1.54, 1.807) is 12.3 Å². The molecule has 1 aromatic carbocycles. The zero-order chi connectivity index (χ0) is 19.4. The van der Waals surface area contributed by atoms with Crippen LogP contribution in [-0.2, 0) is 0 Å². The summed E-state index contributed by atoms with van der Waals surface area (Å²) in [5.41, 5.74) is 6.43. The van der Waals surface area contributed by atoms with E-state index in [1.807, 2.05) is 17.2 Å². The molecule has 0 aliphatic carbocycles. The second kappa shape index (κ2) is 8.06. The zero-order valence-corrected chi connectivity index (χ0v) is 14.9. The van der Waals surface area contributed by atoms with Gasteiger partial charge in [-0.3, -0.25) is 0 Å². The molecular weight excluding hydrogens is 383 g/mol. The number of halogens is 4. The highest BCUT2D eigenvalue weighted by Gasteiger charge is 2.31. The number of anilines is 1. The summed E-state index contributed by atoms with van der Waals surface area (Å²) < 4.78 is 46.4. The molecule has 1 aliphatic heterocycles. The number of ether oxygens (including phenoxy) is 2. The van der Waals surface area contributed by atoms with Crippen LogP contribution in [0.4, 0.5) is 18.9 Å². The molecule has 144 valence electrons. The molecule has 0 spiro atoms. The number of hydrogen-bond donors (Lipinski definition) is 1. The average Bonchev–Trinajstić information content (AvgIpc) is 3.04. The van der Waals surface area contributed by atoms with Crippen molar-refractivity contribution in [3.63, 3.8) is 0 Å². The van der Waals surface area contributed by atoms with E-state index in [1.165, 1.54) is 18.2 Å². The lowest BCUT2D eigenvalue weighted by molar-refractivity contribution is -0.274. The molecule has 0 saturated heterocycles. The highest BCUT2D eigenvalue weighted by atomic mass is 35.5. The third-order valence-electron chi connectivity index (χ3n) is 3.91. The monoisotopic (exact) mass is 399 g/mol. The number of alkyl halides is 3. The van der Waals surface area contributed by atoms with Crippen LogP contribution in [0.25, 0.3) is 0 Å². The Kier molecular flexibility index (Phi) is 5.76. The lowest BCUT2D eigenvalue weighted by Crippen LogP contribution is -2.28. The van der Waals surface area contributed by atoms with Crippen molar-refractivity contribution in [2.24, 2.45) is 5.73 Å². The predicted molar refractivity (Wildman–Crippen MR) is 96.1 cm³/mol. The van der Waals surface area contributed by atoms with Gasteiger partial charge in [-0.1, -0.05) is 23.7 Å². The molecule has 0 radical (unpaired) electrons. The van der Waals surface area contributed by atoms with Crippen LogP contribution in [0.5, 0.6) is 17.4 Å². The van der Waals surface area contributed by atoms with Gasteiger partial charge >= 0.3 is 6.36 Å². The fourth-order valence-electron chi connectivity index (χ4n) is 2.79. The average molecular weight is 400 g/mol. The number of rotatable bonds is 6. The molecule has 1 unspecified atom stereocenters. The summed E-state index contributed by atoms with van der Waals surface area (Å²) in [6.45, 7) is 0.571. The van der Waals surface area contributed by atoms with Gasteiger partial charge in [-0.25, -0.2) is 4.98 Å². The zero-order valence-electron chi connectivity index (χ0n) is 14.1. The van der Waals surface area contributed by atoms with Crippen molar-refractivity contribution < 1.29 is 22.6 Å². The van der Waals surface area contributed by atoms with Crippen molar-refractivity contribution in [2.75, 3.05) is 11.4 Å². The minimum Gasteiger partial charge on any atom is -0.437 e. The first-order valence-corrected chi connectivity index (χ1v) is 8.58. The first kappa shape index (κ1) is 19.3. The summed E-state index contributed by atoms with van der Waals surface area (Å²) in [7, 11) is 0. The Morgan fingerprint density at radius 2 is 2.04 bits per heavy atom. The van der Waals surface area contributed by atoms with E-state index in [4.69, 9.17) is 22.1 Å². The van der Waals surface area contributed by atoms with Gasteiger partial charge in [0.1, 0.15) is 16.5 Å². The maximum atomic E-state index is 12.3. The Morgan fingerprint density at radius 3 is 2.74 bits per heavy atom. The van der Waals surface area contributed by atoms with Crippen molar-refractivity contribution >= 4 is 17.3 Å². The SMILES string of the molecule is NCCC1CC=CN1c1cnc(Oc2cccc(OC(F)(F)F)c2)c(Cl)c1. The standard InChI is InChI=1S/C18H17ClF3N3O2/c19-16-9-13(25-8-2-3-12(25)6-7-23)11-24-17(16)26-14-4-1-5-15(10-14)27-18(20,21)22/h1-2,4-5,8-12H,3,6-7,23H2. The van der Waals surface area contributed by atoms with Crippen LogP contribution in [-0.4, -0.2) is 23.9 Å². The highest BCUT2D eigenvalue weighted by Crippen LogP contribution is 2.34. The smallest absolute Gasteiger partial charge is 0.437 e. The summed E-state index contributed by atoms with van der Waals surface area (Å²) >= 11 is 6.25. The Morgan fingerprint density at radius 1 is 1.26 bits per heavy atom. The summed E-state index contributed by atoms with van der Waals surface area (Å²) in [6, 6.07) is 7.09. The molecule has 0 fully saturated rings. The van der Waals surface area contributed by atoms with Gasteiger partial charge in [0.15, 0.2) is 0 Å². The quantitative estimate of drug-likeness (QED) is 0.751. The molecule has 0 bridgehead atoms. The van der Waals surface area contributed by atoms with Gasteiger partial charge in [0.2, 0.25) is 5.88 Å². The predicted octanol–water partition coefficient (Wildman–Crippen LogP) is 4.87. The highest BCUT2D eigenvalue weighted by molar-refractivity contribution is 6.32.